The van der Waals surface area contributed by atoms with Crippen LogP contribution in [0.3, 0.4) is 0 Å². The molecule has 3 aromatic rings. The van der Waals surface area contributed by atoms with E-state index in [2.05, 4.69) is 14.8 Å². The molecule has 7 nitrogen and oxygen atoms in total. The molecular formula is C18H18Cl2N4O3S. The Morgan fingerprint density at radius 2 is 1.89 bits per heavy atom. The van der Waals surface area contributed by atoms with E-state index in [-0.39, 0.29) is 23.0 Å². The van der Waals surface area contributed by atoms with Gasteiger partial charge in [-0.15, -0.1) is 0 Å². The van der Waals surface area contributed by atoms with Crippen molar-refractivity contribution in [1.29, 1.82) is 0 Å². The topological polar surface area (TPSA) is 97.1 Å². The predicted molar refractivity (Wildman–Crippen MR) is 107 cm³/mol. The molecular weight excluding hydrogens is 423 g/mol. The van der Waals surface area contributed by atoms with E-state index in [0.717, 1.165) is 5.56 Å². The Balaban J connectivity index is 1.92. The van der Waals surface area contributed by atoms with Gasteiger partial charge in [-0.2, -0.15) is 5.10 Å². The molecule has 0 bridgehead atoms. The minimum absolute atomic E-state index is 0.0647. The van der Waals surface area contributed by atoms with E-state index >= 15 is 0 Å². The van der Waals surface area contributed by atoms with Crippen molar-refractivity contribution in [3.8, 4) is 0 Å². The maximum absolute atomic E-state index is 12.7. The average molecular weight is 441 g/mol. The fourth-order valence-corrected chi connectivity index (χ4v) is 4.37. The second-order valence-electron chi connectivity index (χ2n) is 6.39. The van der Waals surface area contributed by atoms with Crippen LogP contribution in [0.2, 0.25) is 10.0 Å². The lowest BCUT2D eigenvalue weighted by atomic mass is 9.94. The summed E-state index contributed by atoms with van der Waals surface area (Å²) in [6, 6.07) is 11.0. The summed E-state index contributed by atoms with van der Waals surface area (Å²) in [5.41, 5.74) is -0.428. The fraction of sp³-hybridized carbons (Fsp3) is 0.222. The van der Waals surface area contributed by atoms with Crippen molar-refractivity contribution in [3.63, 3.8) is 0 Å². The van der Waals surface area contributed by atoms with Crippen LogP contribution in [0.1, 0.15) is 11.1 Å². The lowest BCUT2D eigenvalue weighted by Crippen LogP contribution is -2.44. The van der Waals surface area contributed by atoms with Gasteiger partial charge >= 0.3 is 0 Å². The van der Waals surface area contributed by atoms with Gasteiger partial charge in [0.15, 0.2) is 0 Å². The quantitative estimate of drug-likeness (QED) is 0.588. The van der Waals surface area contributed by atoms with Crippen LogP contribution >= 0.6 is 23.2 Å². The number of aliphatic hydroxyl groups is 1. The number of benzene rings is 2. The summed E-state index contributed by atoms with van der Waals surface area (Å²) in [4.78, 5) is 3.95. The number of sulfonamides is 1. The Hall–Kier alpha value is -1.97. The maximum Gasteiger partial charge on any atom is 0.240 e. The van der Waals surface area contributed by atoms with Crippen LogP contribution in [0.5, 0.6) is 0 Å². The Labute approximate surface area is 173 Å². The zero-order chi connectivity index (χ0) is 20.4. The number of halogens is 2. The normalized spacial score (nSPS) is 14.0. The summed E-state index contributed by atoms with van der Waals surface area (Å²) in [5.74, 6) is 0. The number of hydrogen-bond acceptors (Lipinski definition) is 5. The van der Waals surface area contributed by atoms with Crippen molar-refractivity contribution in [3.05, 3.63) is 76.3 Å². The highest BCUT2D eigenvalue weighted by atomic mass is 35.5. The molecule has 0 fully saturated rings. The van der Waals surface area contributed by atoms with Crippen LogP contribution in [0.25, 0.3) is 0 Å². The van der Waals surface area contributed by atoms with Gasteiger partial charge in [0.1, 0.15) is 18.3 Å². The van der Waals surface area contributed by atoms with Crippen LogP contribution in [0.4, 0.5) is 0 Å². The van der Waals surface area contributed by atoms with Crippen LogP contribution in [-0.4, -0.2) is 34.8 Å². The lowest BCUT2D eigenvalue weighted by Gasteiger charge is -2.29. The first-order chi connectivity index (χ1) is 13.2. The third kappa shape index (κ3) is 4.71. The molecule has 3 rings (SSSR count). The molecule has 1 heterocycles. The van der Waals surface area contributed by atoms with Crippen molar-refractivity contribution in [2.24, 2.45) is 0 Å². The van der Waals surface area contributed by atoms with Gasteiger partial charge in [-0.05, 0) is 31.2 Å². The van der Waals surface area contributed by atoms with Crippen molar-refractivity contribution in [1.82, 2.24) is 19.5 Å². The van der Waals surface area contributed by atoms with Crippen LogP contribution in [0, 0.1) is 6.92 Å². The number of aromatic nitrogens is 3. The maximum atomic E-state index is 12.7. The van der Waals surface area contributed by atoms with E-state index in [0.29, 0.717) is 10.6 Å². The zero-order valence-electron chi connectivity index (χ0n) is 14.9. The average Bonchev–Trinajstić information content (AvgIpc) is 3.13. The van der Waals surface area contributed by atoms with Crippen molar-refractivity contribution in [2.45, 2.75) is 24.0 Å². The first-order valence-electron chi connectivity index (χ1n) is 8.26. The van der Waals surface area contributed by atoms with Crippen molar-refractivity contribution >= 4 is 33.2 Å². The zero-order valence-corrected chi connectivity index (χ0v) is 17.2. The van der Waals surface area contributed by atoms with Gasteiger partial charge < -0.3 is 5.11 Å². The second kappa shape index (κ2) is 8.18. The summed E-state index contributed by atoms with van der Waals surface area (Å²) >= 11 is 12.2. The molecule has 0 aliphatic rings. The molecule has 0 aliphatic carbocycles. The van der Waals surface area contributed by atoms with Gasteiger partial charge in [-0.3, -0.25) is 0 Å². The van der Waals surface area contributed by atoms with Crippen LogP contribution < -0.4 is 4.72 Å². The summed E-state index contributed by atoms with van der Waals surface area (Å²) in [7, 11) is -3.84. The van der Waals surface area contributed by atoms with Gasteiger partial charge in [0.05, 0.1) is 11.4 Å². The van der Waals surface area contributed by atoms with Gasteiger partial charge in [0, 0.05) is 22.2 Å². The van der Waals surface area contributed by atoms with Crippen LogP contribution in [0.15, 0.2) is 60.0 Å². The minimum Gasteiger partial charge on any atom is -0.382 e. The molecule has 1 unspecified atom stereocenters. The molecule has 0 radical (unpaired) electrons. The first kappa shape index (κ1) is 20.8. The standard InChI is InChI=1S/C18H18Cl2N4O3S/c1-13-2-5-15(6-3-13)28(26,27)23-9-18(25,10-24-12-21-11-22-24)16-7-4-14(19)8-17(16)20/h2-8,11-12,23,25H,9-10H2,1H3. The SMILES string of the molecule is Cc1ccc(S(=O)(=O)NCC(O)(Cn2cncn2)c2ccc(Cl)cc2Cl)cc1. The molecule has 148 valence electrons. The van der Waals surface area contributed by atoms with Crippen molar-refractivity contribution < 1.29 is 13.5 Å². The molecule has 28 heavy (non-hydrogen) atoms. The minimum atomic E-state index is -3.84. The molecule has 0 saturated carbocycles. The second-order valence-corrected chi connectivity index (χ2v) is 9.00. The van der Waals surface area contributed by atoms with Crippen LogP contribution in [-0.2, 0) is 22.2 Å². The van der Waals surface area contributed by atoms with Gasteiger partial charge in [0.2, 0.25) is 10.0 Å². The smallest absolute Gasteiger partial charge is 0.240 e. The summed E-state index contributed by atoms with van der Waals surface area (Å²) in [5, 5.41) is 15.9. The third-order valence-electron chi connectivity index (χ3n) is 4.21. The molecule has 0 saturated heterocycles. The van der Waals surface area contributed by atoms with E-state index in [9.17, 15) is 13.5 Å². The van der Waals surface area contributed by atoms with E-state index in [4.69, 9.17) is 23.2 Å². The monoisotopic (exact) mass is 440 g/mol. The molecule has 1 aromatic heterocycles. The lowest BCUT2D eigenvalue weighted by molar-refractivity contribution is 0.0204. The Morgan fingerprint density at radius 3 is 2.50 bits per heavy atom. The largest absolute Gasteiger partial charge is 0.382 e. The van der Waals surface area contributed by atoms with E-state index < -0.39 is 15.6 Å². The Bertz CT molecular complexity index is 1060. The number of hydrogen-bond donors (Lipinski definition) is 2. The number of nitrogens with one attached hydrogen (secondary N) is 1. The highest BCUT2D eigenvalue weighted by Gasteiger charge is 2.34. The molecule has 0 amide bonds. The highest BCUT2D eigenvalue weighted by Crippen LogP contribution is 2.32. The predicted octanol–water partition coefficient (Wildman–Crippen LogP) is 2.76. The Kier molecular flexibility index (Phi) is 6.07. The van der Waals surface area contributed by atoms with E-state index in [1.807, 2.05) is 6.92 Å². The Morgan fingerprint density at radius 1 is 1.18 bits per heavy atom. The number of aryl methyl sites for hydroxylation is 1. The number of rotatable bonds is 7. The molecule has 0 aliphatic heterocycles. The molecule has 2 aromatic carbocycles. The third-order valence-corrected chi connectivity index (χ3v) is 6.17. The highest BCUT2D eigenvalue weighted by molar-refractivity contribution is 7.89. The molecule has 1 atom stereocenters. The van der Waals surface area contributed by atoms with Gasteiger partial charge in [-0.1, -0.05) is 47.0 Å². The molecule has 0 spiro atoms. The summed E-state index contributed by atoms with van der Waals surface area (Å²) < 4.78 is 29.2. The molecule has 2 N–H and O–H groups in total. The molecule has 10 heteroatoms. The summed E-state index contributed by atoms with van der Waals surface area (Å²) in [6.45, 7) is 1.47. The number of nitrogens with zero attached hydrogens (tertiary/aromatic N) is 3. The summed E-state index contributed by atoms with van der Waals surface area (Å²) in [6.07, 6.45) is 2.74. The fourth-order valence-electron chi connectivity index (χ4n) is 2.70. The van der Waals surface area contributed by atoms with Gasteiger partial charge in [-0.25, -0.2) is 22.8 Å². The van der Waals surface area contributed by atoms with Gasteiger partial charge in [0.25, 0.3) is 0 Å². The van der Waals surface area contributed by atoms with Crippen molar-refractivity contribution in [2.75, 3.05) is 6.54 Å². The first-order valence-corrected chi connectivity index (χ1v) is 10.5. The van der Waals surface area contributed by atoms with E-state index in [1.165, 1.54) is 35.5 Å². The van der Waals surface area contributed by atoms with E-state index in [1.54, 1.807) is 24.3 Å².